The molecule has 1 heterocycles. The number of anilines is 2. The minimum Gasteiger partial charge on any atom is -0.349 e. The Balaban J connectivity index is 2.34. The lowest BCUT2D eigenvalue weighted by atomic mass is 10.2. The van der Waals surface area contributed by atoms with Crippen LogP contribution >= 0.6 is 0 Å². The summed E-state index contributed by atoms with van der Waals surface area (Å²) < 4.78 is 0. The van der Waals surface area contributed by atoms with Gasteiger partial charge in [-0.2, -0.15) is 0 Å². The first-order chi connectivity index (χ1) is 9.63. The van der Waals surface area contributed by atoms with Crippen molar-refractivity contribution >= 4 is 17.3 Å². The molecule has 0 amide bonds. The summed E-state index contributed by atoms with van der Waals surface area (Å²) in [7, 11) is 1.72. The van der Waals surface area contributed by atoms with Gasteiger partial charge in [-0.25, -0.2) is 15.8 Å². The molecule has 2 aromatic rings. The third kappa shape index (κ3) is 2.81. The molecule has 2 rings (SSSR count). The highest BCUT2D eigenvalue weighted by atomic mass is 16.6. The van der Waals surface area contributed by atoms with E-state index in [-0.39, 0.29) is 17.3 Å². The van der Waals surface area contributed by atoms with E-state index in [9.17, 15) is 10.1 Å². The van der Waals surface area contributed by atoms with Gasteiger partial charge in [0.1, 0.15) is 6.33 Å². The van der Waals surface area contributed by atoms with Gasteiger partial charge in [0.25, 0.3) is 0 Å². The van der Waals surface area contributed by atoms with Crippen molar-refractivity contribution in [1.82, 2.24) is 9.97 Å². The molecule has 8 nitrogen and oxygen atoms in total. The molecule has 20 heavy (non-hydrogen) atoms. The van der Waals surface area contributed by atoms with Gasteiger partial charge in [-0.1, -0.05) is 30.3 Å². The molecule has 0 saturated heterocycles. The van der Waals surface area contributed by atoms with Gasteiger partial charge in [-0.05, 0) is 5.56 Å². The average Bonchev–Trinajstić information content (AvgIpc) is 2.47. The number of hydrazine groups is 1. The van der Waals surface area contributed by atoms with Crippen LogP contribution < -0.4 is 16.2 Å². The van der Waals surface area contributed by atoms with Crippen molar-refractivity contribution in [3.05, 3.63) is 52.3 Å². The molecule has 1 aromatic heterocycles. The first-order valence-corrected chi connectivity index (χ1v) is 5.84. The van der Waals surface area contributed by atoms with Crippen molar-refractivity contribution in [2.75, 3.05) is 17.4 Å². The van der Waals surface area contributed by atoms with Crippen molar-refractivity contribution < 1.29 is 4.92 Å². The third-order valence-electron chi connectivity index (χ3n) is 2.75. The van der Waals surface area contributed by atoms with Gasteiger partial charge in [0.2, 0.25) is 11.6 Å². The minimum atomic E-state index is -0.550. The van der Waals surface area contributed by atoms with Gasteiger partial charge in [0.05, 0.1) is 4.92 Å². The van der Waals surface area contributed by atoms with Crippen LogP contribution in [0.4, 0.5) is 17.3 Å². The maximum atomic E-state index is 11.2. The zero-order valence-electron chi connectivity index (χ0n) is 10.9. The van der Waals surface area contributed by atoms with E-state index in [4.69, 9.17) is 5.84 Å². The summed E-state index contributed by atoms with van der Waals surface area (Å²) in [6.07, 6.45) is 1.24. The van der Waals surface area contributed by atoms with Gasteiger partial charge in [-0.3, -0.25) is 10.1 Å². The molecule has 0 atom stereocenters. The summed E-state index contributed by atoms with van der Waals surface area (Å²) in [6.45, 7) is 0.489. The number of benzene rings is 1. The van der Waals surface area contributed by atoms with Crippen LogP contribution in [0.2, 0.25) is 0 Å². The maximum absolute atomic E-state index is 11.2. The van der Waals surface area contributed by atoms with Crippen LogP contribution in [0.5, 0.6) is 0 Å². The number of hydrogen-bond donors (Lipinski definition) is 2. The second-order valence-electron chi connectivity index (χ2n) is 4.14. The molecule has 3 N–H and O–H groups in total. The van der Waals surface area contributed by atoms with Crippen molar-refractivity contribution in [1.29, 1.82) is 0 Å². The molecule has 0 aliphatic rings. The molecule has 0 aliphatic carbocycles. The van der Waals surface area contributed by atoms with E-state index in [0.717, 1.165) is 5.56 Å². The standard InChI is InChI=1S/C12H14N6O2/c1-17(7-9-5-3-2-4-6-9)12-10(18(19)20)11(16-13)14-8-15-12/h2-6,8H,7,13H2,1H3,(H,14,15,16). The van der Waals surface area contributed by atoms with Crippen LogP contribution in [0.15, 0.2) is 36.7 Å². The fourth-order valence-electron chi connectivity index (χ4n) is 1.85. The Morgan fingerprint density at radius 1 is 1.35 bits per heavy atom. The number of nitrogens with two attached hydrogens (primary N) is 1. The van der Waals surface area contributed by atoms with Crippen LogP contribution in [0.25, 0.3) is 0 Å². The first kappa shape index (κ1) is 13.7. The summed E-state index contributed by atoms with van der Waals surface area (Å²) >= 11 is 0. The Bertz CT molecular complexity index is 604. The smallest absolute Gasteiger partial charge is 0.349 e. The van der Waals surface area contributed by atoms with E-state index in [1.807, 2.05) is 30.3 Å². The molecule has 104 valence electrons. The van der Waals surface area contributed by atoms with Crippen LogP contribution in [-0.4, -0.2) is 21.9 Å². The quantitative estimate of drug-likeness (QED) is 0.480. The van der Waals surface area contributed by atoms with Gasteiger partial charge in [0, 0.05) is 13.6 Å². The lowest BCUT2D eigenvalue weighted by Gasteiger charge is -2.18. The highest BCUT2D eigenvalue weighted by molar-refractivity contribution is 5.69. The van der Waals surface area contributed by atoms with E-state index in [2.05, 4.69) is 15.4 Å². The minimum absolute atomic E-state index is 0.0140. The lowest BCUT2D eigenvalue weighted by Crippen LogP contribution is -2.21. The molecule has 0 spiro atoms. The maximum Gasteiger partial charge on any atom is 0.354 e. The number of nitrogen functional groups attached to an aromatic ring is 1. The summed E-state index contributed by atoms with van der Waals surface area (Å²) in [6, 6.07) is 9.60. The molecule has 0 unspecified atom stereocenters. The molecule has 0 bridgehead atoms. The van der Waals surface area contributed by atoms with Crippen molar-refractivity contribution in [2.24, 2.45) is 5.84 Å². The van der Waals surface area contributed by atoms with E-state index in [0.29, 0.717) is 6.54 Å². The monoisotopic (exact) mass is 274 g/mol. The Kier molecular flexibility index (Phi) is 4.06. The zero-order chi connectivity index (χ0) is 14.5. The zero-order valence-corrected chi connectivity index (χ0v) is 10.9. The second kappa shape index (κ2) is 5.93. The normalized spacial score (nSPS) is 10.1. The fourth-order valence-corrected chi connectivity index (χ4v) is 1.85. The van der Waals surface area contributed by atoms with Crippen LogP contribution in [-0.2, 0) is 6.54 Å². The SMILES string of the molecule is CN(Cc1ccccc1)c1ncnc(NN)c1[N+](=O)[O-]. The number of nitro groups is 1. The number of hydrogen-bond acceptors (Lipinski definition) is 7. The number of rotatable bonds is 5. The first-order valence-electron chi connectivity index (χ1n) is 5.84. The van der Waals surface area contributed by atoms with Gasteiger partial charge in [0.15, 0.2) is 0 Å². The number of nitrogens with zero attached hydrogens (tertiary/aromatic N) is 4. The Hall–Kier alpha value is -2.74. The predicted molar refractivity (Wildman–Crippen MR) is 75.0 cm³/mol. The van der Waals surface area contributed by atoms with E-state index in [1.165, 1.54) is 6.33 Å². The van der Waals surface area contributed by atoms with Crippen molar-refractivity contribution in [3.63, 3.8) is 0 Å². The summed E-state index contributed by atoms with van der Waals surface area (Å²) in [4.78, 5) is 20.0. The molecule has 1 aromatic carbocycles. The second-order valence-corrected chi connectivity index (χ2v) is 4.14. The Morgan fingerprint density at radius 2 is 2.05 bits per heavy atom. The van der Waals surface area contributed by atoms with Crippen LogP contribution in [0, 0.1) is 10.1 Å². The molecule has 0 radical (unpaired) electrons. The van der Waals surface area contributed by atoms with Crippen molar-refractivity contribution in [2.45, 2.75) is 6.54 Å². The fraction of sp³-hybridized carbons (Fsp3) is 0.167. The number of nitrogens with one attached hydrogen (secondary N) is 1. The Morgan fingerprint density at radius 3 is 2.65 bits per heavy atom. The number of aromatic nitrogens is 2. The third-order valence-corrected chi connectivity index (χ3v) is 2.75. The summed E-state index contributed by atoms with van der Waals surface area (Å²) in [5, 5.41) is 11.2. The topological polar surface area (TPSA) is 110 Å². The predicted octanol–water partition coefficient (Wildman–Crippen LogP) is 1.31. The van der Waals surface area contributed by atoms with E-state index < -0.39 is 4.92 Å². The van der Waals surface area contributed by atoms with Gasteiger partial charge < -0.3 is 10.3 Å². The molecule has 0 fully saturated rings. The highest BCUT2D eigenvalue weighted by Crippen LogP contribution is 2.31. The highest BCUT2D eigenvalue weighted by Gasteiger charge is 2.24. The molecular formula is C12H14N6O2. The van der Waals surface area contributed by atoms with Gasteiger partial charge in [-0.15, -0.1) is 0 Å². The van der Waals surface area contributed by atoms with Crippen molar-refractivity contribution in [3.8, 4) is 0 Å². The molecule has 0 aliphatic heterocycles. The summed E-state index contributed by atoms with van der Waals surface area (Å²) in [5.74, 6) is 5.44. The van der Waals surface area contributed by atoms with E-state index in [1.54, 1.807) is 11.9 Å². The molecule has 8 heteroatoms. The largest absolute Gasteiger partial charge is 0.354 e. The Labute approximate surface area is 115 Å². The summed E-state index contributed by atoms with van der Waals surface area (Å²) in [5.41, 5.74) is 2.99. The van der Waals surface area contributed by atoms with Crippen LogP contribution in [0.3, 0.4) is 0 Å². The van der Waals surface area contributed by atoms with E-state index >= 15 is 0 Å². The van der Waals surface area contributed by atoms with Gasteiger partial charge >= 0.3 is 5.69 Å². The average molecular weight is 274 g/mol. The molecule has 0 saturated carbocycles. The molecular weight excluding hydrogens is 260 g/mol. The van der Waals surface area contributed by atoms with Crippen LogP contribution in [0.1, 0.15) is 5.56 Å². The lowest BCUT2D eigenvalue weighted by molar-refractivity contribution is -0.383.